The number of aromatic nitrogens is 1. The summed E-state index contributed by atoms with van der Waals surface area (Å²) >= 11 is 1.74. The van der Waals surface area contributed by atoms with E-state index in [4.69, 9.17) is 4.98 Å². The molecule has 1 aromatic heterocycles. The van der Waals surface area contributed by atoms with E-state index in [2.05, 4.69) is 67.6 Å². The molecule has 0 bridgehead atoms. The summed E-state index contributed by atoms with van der Waals surface area (Å²) in [6.45, 7) is 11.4. The van der Waals surface area contributed by atoms with Crippen LogP contribution in [-0.4, -0.2) is 17.6 Å². The minimum atomic E-state index is 0.497. The Hall–Kier alpha value is -1.39. The largest absolute Gasteiger partial charge is 0.366 e. The van der Waals surface area contributed by atoms with Crippen molar-refractivity contribution in [1.82, 2.24) is 10.3 Å². The standard InChI is InChI=1S/C17H25N3S/c1-5-20(16-9-7-6-8-14(16)4)11-15-12-21-17(19-15)10-18-13(2)3/h6-9,12-13,18H,5,10-11H2,1-4H3. The minimum absolute atomic E-state index is 0.497. The molecule has 1 aromatic carbocycles. The highest BCUT2D eigenvalue weighted by molar-refractivity contribution is 7.09. The van der Waals surface area contributed by atoms with Crippen LogP contribution < -0.4 is 10.2 Å². The van der Waals surface area contributed by atoms with E-state index in [9.17, 15) is 0 Å². The monoisotopic (exact) mass is 303 g/mol. The normalized spacial score (nSPS) is 11.1. The van der Waals surface area contributed by atoms with Crippen molar-refractivity contribution in [3.8, 4) is 0 Å². The van der Waals surface area contributed by atoms with Crippen molar-refractivity contribution >= 4 is 17.0 Å². The van der Waals surface area contributed by atoms with Gasteiger partial charge in [0, 0.05) is 30.2 Å². The van der Waals surface area contributed by atoms with Gasteiger partial charge in [-0.1, -0.05) is 32.0 Å². The zero-order valence-electron chi connectivity index (χ0n) is 13.4. The molecule has 0 aliphatic carbocycles. The molecule has 0 radical (unpaired) electrons. The second-order valence-corrected chi connectivity index (χ2v) is 6.51. The fourth-order valence-electron chi connectivity index (χ4n) is 2.28. The molecule has 114 valence electrons. The topological polar surface area (TPSA) is 28.2 Å². The lowest BCUT2D eigenvalue weighted by atomic mass is 10.2. The quantitative estimate of drug-likeness (QED) is 0.838. The van der Waals surface area contributed by atoms with Gasteiger partial charge in [0.15, 0.2) is 0 Å². The molecule has 0 spiro atoms. The number of anilines is 1. The van der Waals surface area contributed by atoms with Gasteiger partial charge in [-0.3, -0.25) is 0 Å². The van der Waals surface area contributed by atoms with E-state index in [1.165, 1.54) is 16.3 Å². The number of aryl methyl sites for hydroxylation is 1. The van der Waals surface area contributed by atoms with Gasteiger partial charge in [0.05, 0.1) is 12.2 Å². The molecular weight excluding hydrogens is 278 g/mol. The van der Waals surface area contributed by atoms with Crippen molar-refractivity contribution in [3.05, 3.63) is 45.9 Å². The fourth-order valence-corrected chi connectivity index (χ4v) is 3.01. The third kappa shape index (κ3) is 4.55. The summed E-state index contributed by atoms with van der Waals surface area (Å²) in [5.41, 5.74) is 3.77. The van der Waals surface area contributed by atoms with Gasteiger partial charge < -0.3 is 10.2 Å². The van der Waals surface area contributed by atoms with Crippen LogP contribution >= 0.6 is 11.3 Å². The lowest BCUT2D eigenvalue weighted by Crippen LogP contribution is -2.23. The minimum Gasteiger partial charge on any atom is -0.366 e. The van der Waals surface area contributed by atoms with Crippen LogP contribution in [-0.2, 0) is 13.1 Å². The maximum absolute atomic E-state index is 4.74. The number of para-hydroxylation sites is 1. The summed E-state index contributed by atoms with van der Waals surface area (Å²) in [5, 5.41) is 6.76. The van der Waals surface area contributed by atoms with E-state index in [1.807, 2.05) is 0 Å². The predicted molar refractivity (Wildman–Crippen MR) is 92.0 cm³/mol. The summed E-state index contributed by atoms with van der Waals surface area (Å²) < 4.78 is 0. The molecule has 3 nitrogen and oxygen atoms in total. The number of benzene rings is 1. The molecule has 1 N–H and O–H groups in total. The van der Waals surface area contributed by atoms with E-state index in [-0.39, 0.29) is 0 Å². The highest BCUT2D eigenvalue weighted by Gasteiger charge is 2.10. The average molecular weight is 303 g/mol. The Balaban J connectivity index is 2.04. The van der Waals surface area contributed by atoms with Crippen LogP contribution in [0.1, 0.15) is 37.0 Å². The molecule has 0 fully saturated rings. The number of rotatable bonds is 7. The van der Waals surface area contributed by atoms with Crippen molar-refractivity contribution in [1.29, 1.82) is 0 Å². The van der Waals surface area contributed by atoms with Crippen molar-refractivity contribution in [2.24, 2.45) is 0 Å². The molecule has 0 saturated heterocycles. The second-order valence-electron chi connectivity index (χ2n) is 5.57. The first kappa shape index (κ1) is 16.0. The van der Waals surface area contributed by atoms with Gasteiger partial charge >= 0.3 is 0 Å². The second kappa shape index (κ2) is 7.57. The number of thiazole rings is 1. The third-order valence-corrected chi connectivity index (χ3v) is 4.35. The first-order valence-electron chi connectivity index (χ1n) is 7.57. The van der Waals surface area contributed by atoms with Gasteiger partial charge in [-0.05, 0) is 25.5 Å². The molecule has 0 aliphatic rings. The summed E-state index contributed by atoms with van der Waals surface area (Å²) in [4.78, 5) is 7.12. The summed E-state index contributed by atoms with van der Waals surface area (Å²) in [5.74, 6) is 0. The number of hydrogen-bond acceptors (Lipinski definition) is 4. The maximum Gasteiger partial charge on any atom is 0.107 e. The first-order valence-corrected chi connectivity index (χ1v) is 8.45. The smallest absolute Gasteiger partial charge is 0.107 e. The Morgan fingerprint density at radius 1 is 1.29 bits per heavy atom. The molecular formula is C17H25N3S. The van der Waals surface area contributed by atoms with Crippen molar-refractivity contribution in [3.63, 3.8) is 0 Å². The average Bonchev–Trinajstić information content (AvgIpc) is 2.91. The molecule has 0 amide bonds. The first-order chi connectivity index (χ1) is 10.1. The molecule has 2 rings (SSSR count). The van der Waals surface area contributed by atoms with Crippen LogP contribution in [0.4, 0.5) is 5.69 Å². The Morgan fingerprint density at radius 3 is 2.71 bits per heavy atom. The van der Waals surface area contributed by atoms with Gasteiger partial charge in [-0.25, -0.2) is 4.98 Å². The molecule has 2 aromatic rings. The van der Waals surface area contributed by atoms with Gasteiger partial charge in [0.1, 0.15) is 5.01 Å². The van der Waals surface area contributed by atoms with E-state index in [0.29, 0.717) is 6.04 Å². The fraction of sp³-hybridized carbons (Fsp3) is 0.471. The van der Waals surface area contributed by atoms with Crippen LogP contribution in [0, 0.1) is 6.92 Å². The van der Waals surface area contributed by atoms with E-state index in [0.717, 1.165) is 25.3 Å². The van der Waals surface area contributed by atoms with Crippen molar-refractivity contribution in [2.75, 3.05) is 11.4 Å². The number of hydrogen-bond donors (Lipinski definition) is 1. The van der Waals surface area contributed by atoms with Crippen LogP contribution in [0.2, 0.25) is 0 Å². The summed E-state index contributed by atoms with van der Waals surface area (Å²) in [6.07, 6.45) is 0. The van der Waals surface area contributed by atoms with E-state index in [1.54, 1.807) is 11.3 Å². The molecule has 1 heterocycles. The summed E-state index contributed by atoms with van der Waals surface area (Å²) in [7, 11) is 0. The maximum atomic E-state index is 4.74. The lowest BCUT2D eigenvalue weighted by Gasteiger charge is -2.24. The Bertz CT molecular complexity index is 563. The van der Waals surface area contributed by atoms with Gasteiger partial charge in [0.25, 0.3) is 0 Å². The third-order valence-electron chi connectivity index (χ3n) is 3.45. The number of nitrogens with zero attached hydrogens (tertiary/aromatic N) is 2. The van der Waals surface area contributed by atoms with Crippen molar-refractivity contribution < 1.29 is 0 Å². The SMILES string of the molecule is CCN(Cc1csc(CNC(C)C)n1)c1ccccc1C. The Morgan fingerprint density at radius 2 is 2.05 bits per heavy atom. The van der Waals surface area contributed by atoms with E-state index < -0.39 is 0 Å². The van der Waals surface area contributed by atoms with Crippen LogP contribution in [0.5, 0.6) is 0 Å². The zero-order valence-corrected chi connectivity index (χ0v) is 14.2. The van der Waals surface area contributed by atoms with Gasteiger partial charge in [-0.15, -0.1) is 11.3 Å². The van der Waals surface area contributed by atoms with Crippen LogP contribution in [0.3, 0.4) is 0 Å². The van der Waals surface area contributed by atoms with Crippen LogP contribution in [0.15, 0.2) is 29.6 Å². The predicted octanol–water partition coefficient (Wildman–Crippen LogP) is 3.98. The van der Waals surface area contributed by atoms with E-state index >= 15 is 0 Å². The molecule has 4 heteroatoms. The summed E-state index contributed by atoms with van der Waals surface area (Å²) in [6, 6.07) is 9.04. The lowest BCUT2D eigenvalue weighted by molar-refractivity contribution is 0.586. The van der Waals surface area contributed by atoms with Crippen molar-refractivity contribution in [2.45, 2.75) is 46.8 Å². The molecule has 0 saturated carbocycles. The Kier molecular flexibility index (Phi) is 5.76. The highest BCUT2D eigenvalue weighted by Crippen LogP contribution is 2.22. The van der Waals surface area contributed by atoms with Crippen LogP contribution in [0.25, 0.3) is 0 Å². The molecule has 21 heavy (non-hydrogen) atoms. The Labute approximate surface area is 132 Å². The number of nitrogens with one attached hydrogen (secondary N) is 1. The van der Waals surface area contributed by atoms with Gasteiger partial charge in [-0.2, -0.15) is 0 Å². The van der Waals surface area contributed by atoms with Gasteiger partial charge in [0.2, 0.25) is 0 Å². The molecule has 0 aliphatic heterocycles. The molecule has 0 atom stereocenters. The molecule has 0 unspecified atom stereocenters. The highest BCUT2D eigenvalue weighted by atomic mass is 32.1. The zero-order chi connectivity index (χ0) is 15.2.